The Morgan fingerprint density at radius 3 is 2.83 bits per heavy atom. The average molecular weight is 319 g/mol. The highest BCUT2D eigenvalue weighted by Gasteiger charge is 2.23. The zero-order valence-corrected chi connectivity index (χ0v) is 13.9. The van der Waals surface area contributed by atoms with Crippen LogP contribution in [0, 0.1) is 6.92 Å². The Kier molecular flexibility index (Phi) is 4.24. The molecule has 4 heteroatoms. The SMILES string of the molecule is Cc1cnc([C@H]2CN(Cc3cccc4ccccc34)CCO2)cn1. The number of morpholine rings is 1. The van der Waals surface area contributed by atoms with Crippen LogP contribution in [0.4, 0.5) is 0 Å². The van der Waals surface area contributed by atoms with Crippen LogP contribution in [-0.2, 0) is 11.3 Å². The van der Waals surface area contributed by atoms with Gasteiger partial charge in [0.1, 0.15) is 6.10 Å². The molecule has 1 aliphatic rings. The van der Waals surface area contributed by atoms with Crippen LogP contribution in [0.1, 0.15) is 23.1 Å². The van der Waals surface area contributed by atoms with Gasteiger partial charge in [0.25, 0.3) is 0 Å². The lowest BCUT2D eigenvalue weighted by Gasteiger charge is -2.32. The Balaban J connectivity index is 1.53. The van der Waals surface area contributed by atoms with Crippen molar-refractivity contribution in [2.75, 3.05) is 19.7 Å². The molecule has 1 aliphatic heterocycles. The predicted octanol–water partition coefficient (Wildman–Crippen LogP) is 3.51. The summed E-state index contributed by atoms with van der Waals surface area (Å²) in [5, 5.41) is 2.63. The van der Waals surface area contributed by atoms with Crippen molar-refractivity contribution >= 4 is 10.8 Å². The van der Waals surface area contributed by atoms with E-state index in [-0.39, 0.29) is 6.10 Å². The van der Waals surface area contributed by atoms with Gasteiger partial charge in [0.15, 0.2) is 0 Å². The maximum atomic E-state index is 5.92. The summed E-state index contributed by atoms with van der Waals surface area (Å²) in [5.41, 5.74) is 3.22. The molecule has 24 heavy (non-hydrogen) atoms. The van der Waals surface area contributed by atoms with E-state index in [2.05, 4.69) is 57.3 Å². The van der Waals surface area contributed by atoms with Gasteiger partial charge in [-0.1, -0.05) is 42.5 Å². The highest BCUT2D eigenvalue weighted by Crippen LogP contribution is 2.24. The summed E-state index contributed by atoms with van der Waals surface area (Å²) >= 11 is 0. The largest absolute Gasteiger partial charge is 0.369 e. The van der Waals surface area contributed by atoms with Crippen molar-refractivity contribution < 1.29 is 4.74 Å². The molecule has 0 spiro atoms. The number of nitrogens with zero attached hydrogens (tertiary/aromatic N) is 3. The fourth-order valence-electron chi connectivity index (χ4n) is 3.27. The van der Waals surface area contributed by atoms with Crippen molar-refractivity contribution in [1.82, 2.24) is 14.9 Å². The van der Waals surface area contributed by atoms with Gasteiger partial charge < -0.3 is 4.74 Å². The molecule has 1 atom stereocenters. The molecule has 4 rings (SSSR count). The van der Waals surface area contributed by atoms with Crippen molar-refractivity contribution in [2.45, 2.75) is 19.6 Å². The van der Waals surface area contributed by atoms with E-state index in [9.17, 15) is 0 Å². The lowest BCUT2D eigenvalue weighted by Crippen LogP contribution is -2.38. The fraction of sp³-hybridized carbons (Fsp3) is 0.300. The lowest BCUT2D eigenvalue weighted by atomic mass is 10.0. The normalized spacial score (nSPS) is 18.8. The second-order valence-corrected chi connectivity index (χ2v) is 6.32. The molecule has 0 unspecified atom stereocenters. The van der Waals surface area contributed by atoms with Gasteiger partial charge in [0, 0.05) is 25.8 Å². The first-order chi connectivity index (χ1) is 11.8. The van der Waals surface area contributed by atoms with Crippen LogP contribution in [0.15, 0.2) is 54.9 Å². The number of aromatic nitrogens is 2. The minimum atomic E-state index is 0.00169. The highest BCUT2D eigenvalue weighted by atomic mass is 16.5. The molecule has 0 N–H and O–H groups in total. The summed E-state index contributed by atoms with van der Waals surface area (Å²) in [7, 11) is 0. The summed E-state index contributed by atoms with van der Waals surface area (Å²) in [6, 6.07) is 15.1. The van der Waals surface area contributed by atoms with E-state index in [1.807, 2.05) is 19.3 Å². The number of rotatable bonds is 3. The molecule has 0 aliphatic carbocycles. The van der Waals surface area contributed by atoms with Crippen molar-refractivity contribution in [1.29, 1.82) is 0 Å². The van der Waals surface area contributed by atoms with Crippen molar-refractivity contribution in [3.63, 3.8) is 0 Å². The monoisotopic (exact) mass is 319 g/mol. The summed E-state index contributed by atoms with van der Waals surface area (Å²) in [6.45, 7) is 5.40. The Morgan fingerprint density at radius 2 is 1.96 bits per heavy atom. The van der Waals surface area contributed by atoms with E-state index >= 15 is 0 Å². The van der Waals surface area contributed by atoms with Crippen LogP contribution in [-0.4, -0.2) is 34.6 Å². The summed E-state index contributed by atoms with van der Waals surface area (Å²) in [4.78, 5) is 11.3. The molecule has 4 nitrogen and oxygen atoms in total. The third-order valence-electron chi connectivity index (χ3n) is 4.56. The van der Waals surface area contributed by atoms with E-state index in [1.54, 1.807) is 0 Å². The number of fused-ring (bicyclic) bond motifs is 1. The smallest absolute Gasteiger partial charge is 0.114 e. The second-order valence-electron chi connectivity index (χ2n) is 6.32. The number of hydrogen-bond acceptors (Lipinski definition) is 4. The third-order valence-corrected chi connectivity index (χ3v) is 4.56. The van der Waals surface area contributed by atoms with Gasteiger partial charge in [-0.2, -0.15) is 0 Å². The van der Waals surface area contributed by atoms with Crippen LogP contribution < -0.4 is 0 Å². The van der Waals surface area contributed by atoms with Crippen molar-refractivity contribution in [3.8, 4) is 0 Å². The van der Waals surface area contributed by atoms with Crippen molar-refractivity contribution in [2.24, 2.45) is 0 Å². The van der Waals surface area contributed by atoms with Gasteiger partial charge in [0.2, 0.25) is 0 Å². The number of hydrogen-bond donors (Lipinski definition) is 0. The average Bonchev–Trinajstić information content (AvgIpc) is 2.63. The van der Waals surface area contributed by atoms with Crippen LogP contribution in [0.3, 0.4) is 0 Å². The summed E-state index contributed by atoms with van der Waals surface area (Å²) < 4.78 is 5.92. The molecule has 1 fully saturated rings. The van der Waals surface area contributed by atoms with E-state index < -0.39 is 0 Å². The van der Waals surface area contributed by atoms with Gasteiger partial charge in [-0.05, 0) is 23.3 Å². The Hall–Kier alpha value is -2.30. The molecule has 0 saturated carbocycles. The Labute approximate surface area is 142 Å². The Bertz CT molecular complexity index is 826. The quantitative estimate of drug-likeness (QED) is 0.740. The first-order valence-electron chi connectivity index (χ1n) is 8.39. The van der Waals surface area contributed by atoms with E-state index in [4.69, 9.17) is 4.74 Å². The zero-order valence-electron chi connectivity index (χ0n) is 13.9. The molecular formula is C20H21N3O. The fourth-order valence-corrected chi connectivity index (χ4v) is 3.27. The molecule has 0 amide bonds. The van der Waals surface area contributed by atoms with Crippen LogP contribution >= 0.6 is 0 Å². The molecule has 1 saturated heterocycles. The molecule has 122 valence electrons. The van der Waals surface area contributed by atoms with Crippen LogP contribution in [0.2, 0.25) is 0 Å². The van der Waals surface area contributed by atoms with E-state index in [0.717, 1.165) is 37.6 Å². The predicted molar refractivity (Wildman–Crippen MR) is 94.7 cm³/mol. The molecule has 1 aromatic heterocycles. The number of aryl methyl sites for hydroxylation is 1. The Morgan fingerprint density at radius 1 is 1.08 bits per heavy atom. The van der Waals surface area contributed by atoms with Gasteiger partial charge in [-0.25, -0.2) is 0 Å². The van der Waals surface area contributed by atoms with Crippen LogP contribution in [0.5, 0.6) is 0 Å². The number of benzene rings is 2. The molecule has 0 bridgehead atoms. The van der Waals surface area contributed by atoms with Gasteiger partial charge in [0.05, 0.1) is 24.2 Å². The molecule has 2 aromatic carbocycles. The third kappa shape index (κ3) is 3.16. The van der Waals surface area contributed by atoms with Gasteiger partial charge >= 0.3 is 0 Å². The van der Waals surface area contributed by atoms with Crippen molar-refractivity contribution in [3.05, 3.63) is 71.8 Å². The lowest BCUT2D eigenvalue weighted by molar-refractivity contribution is -0.0350. The van der Waals surface area contributed by atoms with Gasteiger partial charge in [-0.15, -0.1) is 0 Å². The minimum absolute atomic E-state index is 0.00169. The zero-order chi connectivity index (χ0) is 16.4. The molecule has 2 heterocycles. The maximum Gasteiger partial charge on any atom is 0.114 e. The highest BCUT2D eigenvalue weighted by molar-refractivity contribution is 5.85. The first kappa shape index (κ1) is 15.2. The molecule has 0 radical (unpaired) electrons. The topological polar surface area (TPSA) is 38.2 Å². The van der Waals surface area contributed by atoms with Crippen LogP contribution in [0.25, 0.3) is 10.8 Å². The first-order valence-corrected chi connectivity index (χ1v) is 8.39. The number of ether oxygens (including phenoxy) is 1. The molecule has 3 aromatic rings. The maximum absolute atomic E-state index is 5.92. The summed E-state index contributed by atoms with van der Waals surface area (Å²) in [6.07, 6.45) is 3.64. The van der Waals surface area contributed by atoms with E-state index in [1.165, 1.54) is 16.3 Å². The van der Waals surface area contributed by atoms with E-state index in [0.29, 0.717) is 0 Å². The van der Waals surface area contributed by atoms with Gasteiger partial charge in [-0.3, -0.25) is 14.9 Å². The second kappa shape index (κ2) is 6.67. The molecular weight excluding hydrogens is 298 g/mol. The minimum Gasteiger partial charge on any atom is -0.369 e. The standard InChI is InChI=1S/C20H21N3O/c1-15-11-22-19(12-21-15)20-14-23(9-10-24-20)13-17-7-4-6-16-5-2-3-8-18(16)17/h2-8,11-12,20H,9-10,13-14H2,1H3/t20-/m1/s1. The summed E-state index contributed by atoms with van der Waals surface area (Å²) in [5.74, 6) is 0.